The average molecular weight is 420 g/mol. The molecule has 0 saturated heterocycles. The predicted molar refractivity (Wildman–Crippen MR) is 87.9 cm³/mol. The van der Waals surface area contributed by atoms with E-state index in [0.717, 1.165) is 19.2 Å². The molecule has 156 valence electrons. The van der Waals surface area contributed by atoms with E-state index in [1.165, 1.54) is 12.4 Å². The molecule has 2 aromatic heterocycles. The summed E-state index contributed by atoms with van der Waals surface area (Å²) < 4.78 is 81.6. The molecule has 2 atom stereocenters. The van der Waals surface area contributed by atoms with Gasteiger partial charge in [0.2, 0.25) is 0 Å². The Hall–Kier alpha value is -2.92. The molecular weight excluding hydrogens is 406 g/mol. The van der Waals surface area contributed by atoms with E-state index in [0.29, 0.717) is 0 Å². The molecule has 0 bridgehead atoms. The number of pyridine rings is 1. The molecular formula is C17H14F6N4O2. The Bertz CT molecular complexity index is 904. The fourth-order valence-electron chi connectivity index (χ4n) is 2.32. The van der Waals surface area contributed by atoms with Crippen LogP contribution in [0.4, 0.5) is 32.2 Å². The molecule has 1 aliphatic carbocycles. The second-order valence-corrected chi connectivity index (χ2v) is 6.44. The smallest absolute Gasteiger partial charge is 0.425 e. The third-order valence-electron chi connectivity index (χ3n) is 4.16. The number of nitrogens with zero attached hydrogens (tertiary/aromatic N) is 3. The lowest BCUT2D eigenvalue weighted by Gasteiger charge is -2.17. The largest absolute Gasteiger partial charge is 0.463 e. The summed E-state index contributed by atoms with van der Waals surface area (Å²) in [5.41, 5.74) is 0.277. The number of ketones is 1. The number of alkyl halides is 5. The van der Waals surface area contributed by atoms with Crippen LogP contribution in [0.2, 0.25) is 0 Å². The van der Waals surface area contributed by atoms with Crippen LogP contribution in [0.15, 0.2) is 24.7 Å². The third-order valence-corrected chi connectivity index (χ3v) is 4.16. The zero-order chi connectivity index (χ0) is 21.4. The minimum Gasteiger partial charge on any atom is -0.463 e. The number of ether oxygens (including phenoxy) is 1. The van der Waals surface area contributed by atoms with Gasteiger partial charge in [-0.05, 0) is 13.0 Å². The molecule has 0 amide bonds. The van der Waals surface area contributed by atoms with Crippen molar-refractivity contribution in [2.24, 2.45) is 5.92 Å². The first-order chi connectivity index (χ1) is 13.5. The molecule has 0 radical (unpaired) electrons. The van der Waals surface area contributed by atoms with E-state index < -0.39 is 48.0 Å². The Morgan fingerprint density at radius 3 is 2.48 bits per heavy atom. The Morgan fingerprint density at radius 1 is 1.28 bits per heavy atom. The monoisotopic (exact) mass is 420 g/mol. The van der Waals surface area contributed by atoms with Gasteiger partial charge in [-0.1, -0.05) is 0 Å². The van der Waals surface area contributed by atoms with Gasteiger partial charge in [0, 0.05) is 18.2 Å². The Balaban J connectivity index is 1.62. The second kappa shape index (κ2) is 7.48. The van der Waals surface area contributed by atoms with Crippen molar-refractivity contribution in [1.82, 2.24) is 15.0 Å². The lowest BCUT2D eigenvalue weighted by atomic mass is 10.2. The van der Waals surface area contributed by atoms with Gasteiger partial charge < -0.3 is 10.1 Å². The van der Waals surface area contributed by atoms with Gasteiger partial charge in [0.15, 0.2) is 17.7 Å². The number of halogens is 6. The normalized spacial score (nSPS) is 18.8. The van der Waals surface area contributed by atoms with E-state index in [1.807, 2.05) is 0 Å². The van der Waals surface area contributed by atoms with Crippen LogP contribution in [0.5, 0.6) is 5.88 Å². The third kappa shape index (κ3) is 4.93. The number of nitrogens with one attached hydrogen (secondary N) is 1. The van der Waals surface area contributed by atoms with Crippen LogP contribution in [0, 0.1) is 11.7 Å². The van der Waals surface area contributed by atoms with Crippen molar-refractivity contribution in [3.8, 4) is 17.1 Å². The van der Waals surface area contributed by atoms with Gasteiger partial charge in [0.05, 0.1) is 30.6 Å². The SMILES string of the molecule is C[C@H](Oc1ncc(-c2cnc(NCC(=O)C3CC3(F)F)cn2)cc1F)C(F)(F)F. The number of carbonyl (C=O) groups is 1. The van der Waals surface area contributed by atoms with Crippen molar-refractivity contribution in [3.63, 3.8) is 0 Å². The van der Waals surface area contributed by atoms with E-state index in [-0.39, 0.29) is 23.6 Å². The molecule has 6 nitrogen and oxygen atoms in total. The zero-order valence-electron chi connectivity index (χ0n) is 14.8. The molecule has 1 saturated carbocycles. The summed E-state index contributed by atoms with van der Waals surface area (Å²) in [6.07, 6.45) is -3.90. The van der Waals surface area contributed by atoms with Gasteiger partial charge in [0.25, 0.3) is 11.8 Å². The summed E-state index contributed by atoms with van der Waals surface area (Å²) >= 11 is 0. The molecule has 1 unspecified atom stereocenters. The van der Waals surface area contributed by atoms with E-state index in [1.54, 1.807) is 0 Å². The van der Waals surface area contributed by atoms with Gasteiger partial charge >= 0.3 is 6.18 Å². The molecule has 0 spiro atoms. The zero-order valence-corrected chi connectivity index (χ0v) is 14.8. The number of hydrogen-bond acceptors (Lipinski definition) is 6. The standard InChI is InChI=1S/C17H14F6N4O2/c1-8(17(21,22)23)29-15-11(18)2-9(4-27-15)12-5-25-14(7-24-12)26-6-13(28)10-3-16(10,19)20/h2,4-5,7-8,10H,3,6H2,1H3,(H,25,26)/t8-,10?/m0/s1. The van der Waals surface area contributed by atoms with Gasteiger partial charge in [0.1, 0.15) is 5.82 Å². The molecule has 12 heteroatoms. The van der Waals surface area contributed by atoms with Gasteiger partial charge in [-0.3, -0.25) is 9.78 Å². The summed E-state index contributed by atoms with van der Waals surface area (Å²) in [6.45, 7) is 0.384. The molecule has 1 N–H and O–H groups in total. The van der Waals surface area contributed by atoms with E-state index in [4.69, 9.17) is 0 Å². The molecule has 1 aliphatic rings. The van der Waals surface area contributed by atoms with E-state index >= 15 is 0 Å². The highest BCUT2D eigenvalue weighted by Gasteiger charge is 2.60. The number of aromatic nitrogens is 3. The molecule has 2 heterocycles. The summed E-state index contributed by atoms with van der Waals surface area (Å²) in [4.78, 5) is 23.0. The van der Waals surface area contributed by atoms with Crippen LogP contribution < -0.4 is 10.1 Å². The lowest BCUT2D eigenvalue weighted by molar-refractivity contribution is -0.190. The molecule has 0 aromatic carbocycles. The first-order valence-corrected chi connectivity index (χ1v) is 8.33. The first-order valence-electron chi connectivity index (χ1n) is 8.33. The van der Waals surface area contributed by atoms with Crippen molar-refractivity contribution in [2.75, 3.05) is 11.9 Å². The van der Waals surface area contributed by atoms with Crippen LogP contribution in [-0.2, 0) is 4.79 Å². The minimum atomic E-state index is -4.67. The highest BCUT2D eigenvalue weighted by molar-refractivity contribution is 5.88. The predicted octanol–water partition coefficient (Wildman–Crippen LogP) is 3.64. The van der Waals surface area contributed by atoms with Crippen molar-refractivity contribution in [1.29, 1.82) is 0 Å². The van der Waals surface area contributed by atoms with E-state index in [9.17, 15) is 31.1 Å². The second-order valence-electron chi connectivity index (χ2n) is 6.44. The fraction of sp³-hybridized carbons (Fsp3) is 0.412. The first kappa shape index (κ1) is 20.8. The lowest BCUT2D eigenvalue weighted by Crippen LogP contribution is -2.31. The molecule has 1 fully saturated rings. The summed E-state index contributed by atoms with van der Waals surface area (Å²) in [5, 5.41) is 2.57. The molecule has 2 aromatic rings. The molecule has 0 aliphatic heterocycles. The fourth-order valence-corrected chi connectivity index (χ4v) is 2.32. The Morgan fingerprint density at radius 2 is 1.97 bits per heavy atom. The van der Waals surface area contributed by atoms with Crippen LogP contribution in [-0.4, -0.2) is 45.5 Å². The van der Waals surface area contributed by atoms with Crippen LogP contribution >= 0.6 is 0 Å². The van der Waals surface area contributed by atoms with E-state index in [2.05, 4.69) is 25.0 Å². The maximum absolute atomic E-state index is 14.0. The number of Topliss-reactive ketones (excluding diaryl/α,β-unsaturated/α-hetero) is 1. The summed E-state index contributed by atoms with van der Waals surface area (Å²) in [7, 11) is 0. The highest BCUT2D eigenvalue weighted by atomic mass is 19.4. The topological polar surface area (TPSA) is 77.0 Å². The van der Waals surface area contributed by atoms with Crippen LogP contribution in [0.1, 0.15) is 13.3 Å². The maximum atomic E-state index is 14.0. The molecule has 3 rings (SSSR count). The number of carbonyl (C=O) groups excluding carboxylic acids is 1. The van der Waals surface area contributed by atoms with Crippen LogP contribution in [0.25, 0.3) is 11.3 Å². The van der Waals surface area contributed by atoms with Crippen LogP contribution in [0.3, 0.4) is 0 Å². The number of anilines is 1. The number of rotatable bonds is 7. The number of hydrogen-bond donors (Lipinski definition) is 1. The quantitative estimate of drug-likeness (QED) is 0.690. The highest BCUT2D eigenvalue weighted by Crippen LogP contribution is 2.49. The van der Waals surface area contributed by atoms with Crippen molar-refractivity contribution >= 4 is 11.6 Å². The van der Waals surface area contributed by atoms with Gasteiger partial charge in [-0.15, -0.1) is 0 Å². The minimum absolute atomic E-state index is 0.127. The van der Waals surface area contributed by atoms with Crippen molar-refractivity contribution in [3.05, 3.63) is 30.5 Å². The molecule has 29 heavy (non-hydrogen) atoms. The maximum Gasteiger partial charge on any atom is 0.425 e. The van der Waals surface area contributed by atoms with Crippen molar-refractivity contribution in [2.45, 2.75) is 31.5 Å². The van der Waals surface area contributed by atoms with Gasteiger partial charge in [-0.2, -0.15) is 13.2 Å². The van der Waals surface area contributed by atoms with Gasteiger partial charge in [-0.25, -0.2) is 23.1 Å². The Labute approximate surface area is 160 Å². The van der Waals surface area contributed by atoms with Crippen molar-refractivity contribution < 1.29 is 35.9 Å². The average Bonchev–Trinajstić information content (AvgIpc) is 3.29. The Kier molecular flexibility index (Phi) is 5.37. The summed E-state index contributed by atoms with van der Waals surface area (Å²) in [5.74, 6) is -6.65. The summed E-state index contributed by atoms with van der Waals surface area (Å²) in [6, 6.07) is 0.890.